The second kappa shape index (κ2) is 14.1. The van der Waals surface area contributed by atoms with Crippen LogP contribution in [0.3, 0.4) is 0 Å². The van der Waals surface area contributed by atoms with E-state index in [-0.39, 0.29) is 13.1 Å². The van der Waals surface area contributed by atoms with Gasteiger partial charge in [0.25, 0.3) is 5.91 Å². The molecule has 0 radical (unpaired) electrons. The summed E-state index contributed by atoms with van der Waals surface area (Å²) in [5.74, 6) is -2.97. The van der Waals surface area contributed by atoms with Crippen LogP contribution >= 0.6 is 0 Å². The van der Waals surface area contributed by atoms with Gasteiger partial charge in [0.05, 0.1) is 12.5 Å². The smallest absolute Gasteiger partial charge is 0.305 e. The van der Waals surface area contributed by atoms with Crippen molar-refractivity contribution < 1.29 is 29.1 Å². The Bertz CT molecular complexity index is 1410. The minimum atomic E-state index is -1.37. The fourth-order valence-electron chi connectivity index (χ4n) is 4.78. The summed E-state index contributed by atoms with van der Waals surface area (Å²) in [6, 6.07) is 14.7. The number of hydrogen-bond acceptors (Lipinski definition) is 8. The maximum Gasteiger partial charge on any atom is 0.305 e. The van der Waals surface area contributed by atoms with Crippen LogP contribution in [0.25, 0.3) is 0 Å². The fourth-order valence-corrected chi connectivity index (χ4v) is 4.78. The number of rotatable bonds is 12. The van der Waals surface area contributed by atoms with Crippen molar-refractivity contribution in [3.05, 3.63) is 77.6 Å². The molecule has 1 aliphatic heterocycles. The Labute approximate surface area is 242 Å². The fraction of sp³-hybridized carbons (Fsp3) is 0.379. The van der Waals surface area contributed by atoms with Gasteiger partial charge >= 0.3 is 5.97 Å². The number of carbonyl (C=O) groups is 5. The van der Waals surface area contributed by atoms with Gasteiger partial charge in [-0.3, -0.25) is 24.0 Å². The Balaban J connectivity index is 1.42. The van der Waals surface area contributed by atoms with Crippen LogP contribution in [0.1, 0.15) is 54.4 Å². The summed E-state index contributed by atoms with van der Waals surface area (Å²) in [5, 5.41) is 26.2. The van der Waals surface area contributed by atoms with Crippen LogP contribution in [0.4, 0.5) is 0 Å². The number of hydrogen-bond donors (Lipinski definition) is 3. The van der Waals surface area contributed by atoms with Crippen LogP contribution in [0.15, 0.2) is 60.7 Å². The third kappa shape index (κ3) is 7.83. The molecule has 13 nitrogen and oxygen atoms in total. The number of ketones is 1. The van der Waals surface area contributed by atoms with E-state index < -0.39 is 54.0 Å². The van der Waals surface area contributed by atoms with E-state index in [0.717, 1.165) is 5.56 Å². The number of aromatic nitrogens is 4. The molecule has 3 atom stereocenters. The zero-order valence-electron chi connectivity index (χ0n) is 23.2. The molecule has 42 heavy (non-hydrogen) atoms. The van der Waals surface area contributed by atoms with Gasteiger partial charge in [-0.2, -0.15) is 0 Å². The molecular formula is C29H33N7O6. The van der Waals surface area contributed by atoms with E-state index in [4.69, 9.17) is 0 Å². The summed E-state index contributed by atoms with van der Waals surface area (Å²) in [6.07, 6.45) is 1.39. The number of nitrogens with zero attached hydrogens (tertiary/aromatic N) is 5. The summed E-state index contributed by atoms with van der Waals surface area (Å²) < 4.78 is 1.28. The monoisotopic (exact) mass is 575 g/mol. The molecule has 220 valence electrons. The van der Waals surface area contributed by atoms with Crippen molar-refractivity contribution >= 4 is 29.5 Å². The zero-order valence-corrected chi connectivity index (χ0v) is 23.2. The highest BCUT2D eigenvalue weighted by molar-refractivity contribution is 5.99. The van der Waals surface area contributed by atoms with Crippen LogP contribution in [-0.2, 0) is 32.1 Å². The van der Waals surface area contributed by atoms with E-state index in [9.17, 15) is 29.1 Å². The number of amides is 3. The maximum absolute atomic E-state index is 13.4. The first-order valence-corrected chi connectivity index (χ1v) is 13.7. The van der Waals surface area contributed by atoms with Crippen molar-refractivity contribution in [1.82, 2.24) is 35.7 Å². The predicted molar refractivity (Wildman–Crippen MR) is 149 cm³/mol. The lowest BCUT2D eigenvalue weighted by Crippen LogP contribution is -2.56. The third-order valence-corrected chi connectivity index (χ3v) is 7.11. The summed E-state index contributed by atoms with van der Waals surface area (Å²) in [6.45, 7) is 1.43. The van der Waals surface area contributed by atoms with Gasteiger partial charge in [-0.1, -0.05) is 48.5 Å². The lowest BCUT2D eigenvalue weighted by atomic mass is 10.1. The topological polar surface area (TPSA) is 176 Å². The SMILES string of the molecule is CC(C(=O)NC(CC(=O)O)C(=O)Cn1nnnc1Cc1ccccc1)N1CCCCC(NC(=O)c2ccccc2)C1=O. The van der Waals surface area contributed by atoms with Gasteiger partial charge in [0.2, 0.25) is 11.8 Å². The summed E-state index contributed by atoms with van der Waals surface area (Å²) >= 11 is 0. The lowest BCUT2D eigenvalue weighted by molar-refractivity contribution is -0.143. The first-order chi connectivity index (χ1) is 20.2. The van der Waals surface area contributed by atoms with Crippen LogP contribution in [-0.4, -0.2) is 84.4 Å². The number of carboxylic acids is 1. The number of carbonyl (C=O) groups excluding carboxylic acids is 4. The number of nitrogens with one attached hydrogen (secondary N) is 2. The molecule has 3 amide bonds. The summed E-state index contributed by atoms with van der Waals surface area (Å²) in [4.78, 5) is 65.5. The molecule has 0 spiro atoms. The first kappa shape index (κ1) is 30.0. The van der Waals surface area contributed by atoms with E-state index in [1.807, 2.05) is 30.3 Å². The summed E-state index contributed by atoms with van der Waals surface area (Å²) in [7, 11) is 0. The number of likely N-dealkylation sites (tertiary alicyclic amines) is 1. The average Bonchev–Trinajstić information content (AvgIpc) is 3.33. The highest BCUT2D eigenvalue weighted by Crippen LogP contribution is 2.16. The lowest BCUT2D eigenvalue weighted by Gasteiger charge is -2.30. The van der Waals surface area contributed by atoms with E-state index >= 15 is 0 Å². The quantitative estimate of drug-likeness (QED) is 0.284. The van der Waals surface area contributed by atoms with E-state index in [1.54, 1.807) is 30.3 Å². The van der Waals surface area contributed by atoms with Crippen LogP contribution in [0.2, 0.25) is 0 Å². The molecule has 13 heteroatoms. The molecule has 3 N–H and O–H groups in total. The molecule has 1 saturated heterocycles. The van der Waals surface area contributed by atoms with Gasteiger partial charge < -0.3 is 20.6 Å². The predicted octanol–water partition coefficient (Wildman–Crippen LogP) is 0.992. The average molecular weight is 576 g/mol. The van der Waals surface area contributed by atoms with E-state index in [1.165, 1.54) is 16.5 Å². The molecule has 3 unspecified atom stereocenters. The molecule has 1 fully saturated rings. The Morgan fingerprint density at radius 3 is 2.40 bits per heavy atom. The van der Waals surface area contributed by atoms with Gasteiger partial charge in [0.1, 0.15) is 18.6 Å². The van der Waals surface area contributed by atoms with Crippen LogP contribution < -0.4 is 10.6 Å². The zero-order chi connectivity index (χ0) is 30.1. The Morgan fingerprint density at radius 1 is 1.02 bits per heavy atom. The Kier molecular flexibility index (Phi) is 10.1. The van der Waals surface area contributed by atoms with Crippen molar-refractivity contribution in [2.45, 2.75) is 63.7 Å². The van der Waals surface area contributed by atoms with E-state index in [2.05, 4.69) is 26.2 Å². The molecule has 1 aliphatic rings. The standard InChI is InChI=1S/C29H33N7O6/c1-19(35-15-9-8-14-22(29(35)42)30-28(41)21-12-6-3-7-13-21)27(40)31-23(17-26(38)39)24(37)18-36-25(32-33-34-36)16-20-10-4-2-5-11-20/h2-7,10-13,19,22-23H,8-9,14-18H2,1H3,(H,30,41)(H,31,40)(H,38,39). The van der Waals surface area contributed by atoms with Gasteiger partial charge in [-0.15, -0.1) is 5.10 Å². The molecule has 0 aliphatic carbocycles. The largest absolute Gasteiger partial charge is 0.481 e. The second-order valence-electron chi connectivity index (χ2n) is 10.1. The number of Topliss-reactive ketones (excluding diaryl/α,β-unsaturated/α-hetero) is 1. The van der Waals surface area contributed by atoms with Gasteiger partial charge in [-0.05, 0) is 54.3 Å². The number of benzene rings is 2. The number of aliphatic carboxylic acids is 1. The molecule has 2 heterocycles. The van der Waals surface area contributed by atoms with Crippen molar-refractivity contribution in [3.63, 3.8) is 0 Å². The van der Waals surface area contributed by atoms with Gasteiger partial charge in [0, 0.05) is 18.5 Å². The van der Waals surface area contributed by atoms with Gasteiger partial charge in [-0.25, -0.2) is 4.68 Å². The first-order valence-electron chi connectivity index (χ1n) is 13.7. The molecule has 0 bridgehead atoms. The molecule has 1 aromatic heterocycles. The van der Waals surface area contributed by atoms with Crippen LogP contribution in [0.5, 0.6) is 0 Å². The van der Waals surface area contributed by atoms with Crippen molar-refractivity contribution in [2.75, 3.05) is 6.54 Å². The molecule has 0 saturated carbocycles. The maximum atomic E-state index is 13.4. The highest BCUT2D eigenvalue weighted by atomic mass is 16.4. The Morgan fingerprint density at radius 2 is 1.71 bits per heavy atom. The van der Waals surface area contributed by atoms with Crippen molar-refractivity contribution in [1.29, 1.82) is 0 Å². The molecular weight excluding hydrogens is 542 g/mol. The number of tetrazole rings is 1. The van der Waals surface area contributed by atoms with Crippen molar-refractivity contribution in [2.24, 2.45) is 0 Å². The van der Waals surface area contributed by atoms with Gasteiger partial charge in [0.15, 0.2) is 11.6 Å². The van der Waals surface area contributed by atoms with Crippen LogP contribution in [0, 0.1) is 0 Å². The molecule has 3 aromatic rings. The highest BCUT2D eigenvalue weighted by Gasteiger charge is 2.35. The molecule has 2 aromatic carbocycles. The minimum absolute atomic E-state index is 0.274. The third-order valence-electron chi connectivity index (χ3n) is 7.11. The summed E-state index contributed by atoms with van der Waals surface area (Å²) in [5.41, 5.74) is 1.34. The normalized spacial score (nSPS) is 16.6. The minimum Gasteiger partial charge on any atom is -0.481 e. The second-order valence-corrected chi connectivity index (χ2v) is 10.1. The van der Waals surface area contributed by atoms with E-state index in [0.29, 0.717) is 37.1 Å². The number of carboxylic acid groups (broad SMARTS) is 1. The molecule has 4 rings (SSSR count). The van der Waals surface area contributed by atoms with Crippen molar-refractivity contribution in [3.8, 4) is 0 Å². The Hall–Kier alpha value is -4.94.